The average molecular weight is 250 g/mol. The van der Waals surface area contributed by atoms with Crippen LogP contribution in [0.1, 0.15) is 35.2 Å². The van der Waals surface area contributed by atoms with E-state index < -0.39 is 0 Å². The number of hydrogen-bond acceptors (Lipinski definition) is 3. The number of aryl methyl sites for hydroxylation is 1. The fraction of sp³-hybridized carbons (Fsp3) is 0.462. The van der Waals surface area contributed by atoms with E-state index >= 15 is 0 Å². The lowest BCUT2D eigenvalue weighted by Gasteiger charge is -2.27. The van der Waals surface area contributed by atoms with Crippen molar-refractivity contribution in [2.45, 2.75) is 31.1 Å². The van der Waals surface area contributed by atoms with E-state index in [-0.39, 0.29) is 5.91 Å². The summed E-state index contributed by atoms with van der Waals surface area (Å²) in [4.78, 5) is 12.9. The van der Waals surface area contributed by atoms with E-state index in [9.17, 15) is 4.79 Å². The van der Waals surface area contributed by atoms with Crippen molar-refractivity contribution < 1.29 is 4.79 Å². The van der Waals surface area contributed by atoms with Crippen LogP contribution in [0.5, 0.6) is 0 Å². The minimum atomic E-state index is -0.0275. The van der Waals surface area contributed by atoms with Crippen molar-refractivity contribution in [1.29, 1.82) is 0 Å². The van der Waals surface area contributed by atoms with Crippen LogP contribution < -0.4 is 5.43 Å². The number of rotatable bonds is 2. The third-order valence-electron chi connectivity index (χ3n) is 3.08. The standard InChI is InChI=1S/C13H18N2OS/c1-10-5-6-11(17)9-12(10)13(16)14-15-7-3-2-4-8-15/h5-6,9,17H,2-4,7-8H2,1H3,(H,14,16). The van der Waals surface area contributed by atoms with Gasteiger partial charge in [-0.3, -0.25) is 10.2 Å². The second-order valence-electron chi connectivity index (χ2n) is 4.49. The predicted molar refractivity (Wildman–Crippen MR) is 71.3 cm³/mol. The number of hydrogen-bond donors (Lipinski definition) is 2. The molecule has 1 amide bonds. The van der Waals surface area contributed by atoms with E-state index in [1.54, 1.807) is 0 Å². The fourth-order valence-electron chi connectivity index (χ4n) is 2.06. The Bertz CT molecular complexity index is 414. The van der Waals surface area contributed by atoms with Gasteiger partial charge in [0.2, 0.25) is 0 Å². The number of carbonyl (C=O) groups excluding carboxylic acids is 1. The summed E-state index contributed by atoms with van der Waals surface area (Å²) in [6.45, 7) is 3.84. The first-order chi connectivity index (χ1) is 8.16. The zero-order valence-electron chi connectivity index (χ0n) is 10.1. The summed E-state index contributed by atoms with van der Waals surface area (Å²) in [7, 11) is 0. The Morgan fingerprint density at radius 2 is 2.00 bits per heavy atom. The van der Waals surface area contributed by atoms with Crippen molar-refractivity contribution in [3.05, 3.63) is 29.3 Å². The van der Waals surface area contributed by atoms with Crippen LogP contribution >= 0.6 is 12.6 Å². The molecule has 1 heterocycles. The third-order valence-corrected chi connectivity index (χ3v) is 3.36. The lowest BCUT2D eigenvalue weighted by molar-refractivity contribution is 0.0749. The largest absolute Gasteiger partial charge is 0.285 e. The molecule has 1 aliphatic rings. The molecule has 1 aromatic rings. The minimum absolute atomic E-state index is 0.0275. The fourth-order valence-corrected chi connectivity index (χ4v) is 2.27. The van der Waals surface area contributed by atoms with E-state index in [1.165, 1.54) is 6.42 Å². The van der Waals surface area contributed by atoms with Crippen LogP contribution in [0, 0.1) is 6.92 Å². The summed E-state index contributed by atoms with van der Waals surface area (Å²) in [5.41, 5.74) is 4.66. The van der Waals surface area contributed by atoms with Crippen molar-refractivity contribution >= 4 is 18.5 Å². The van der Waals surface area contributed by atoms with Crippen LogP contribution in [0.15, 0.2) is 23.1 Å². The SMILES string of the molecule is Cc1ccc(S)cc1C(=O)NN1CCCCC1. The Kier molecular flexibility index (Phi) is 4.07. The molecule has 2 rings (SSSR count). The molecule has 4 heteroatoms. The number of carbonyl (C=O) groups is 1. The van der Waals surface area contributed by atoms with Gasteiger partial charge in [0.25, 0.3) is 5.91 Å². The van der Waals surface area contributed by atoms with E-state index in [4.69, 9.17) is 0 Å². The predicted octanol–water partition coefficient (Wildman–Crippen LogP) is 2.41. The molecule has 1 aliphatic heterocycles. The maximum atomic E-state index is 12.1. The molecular weight excluding hydrogens is 232 g/mol. The van der Waals surface area contributed by atoms with Crippen molar-refractivity contribution in [1.82, 2.24) is 10.4 Å². The first-order valence-corrected chi connectivity index (χ1v) is 6.47. The van der Waals surface area contributed by atoms with Crippen LogP contribution in [-0.4, -0.2) is 24.0 Å². The molecule has 1 aromatic carbocycles. The zero-order valence-corrected chi connectivity index (χ0v) is 11.0. The van der Waals surface area contributed by atoms with Gasteiger partial charge in [-0.1, -0.05) is 12.5 Å². The summed E-state index contributed by atoms with van der Waals surface area (Å²) in [6, 6.07) is 5.64. The summed E-state index contributed by atoms with van der Waals surface area (Å²) in [6.07, 6.45) is 3.58. The molecule has 0 bridgehead atoms. The summed E-state index contributed by atoms with van der Waals surface area (Å²) in [5.74, 6) is -0.0275. The van der Waals surface area contributed by atoms with E-state index in [0.717, 1.165) is 36.4 Å². The molecule has 0 atom stereocenters. The van der Waals surface area contributed by atoms with Crippen LogP contribution in [-0.2, 0) is 0 Å². The van der Waals surface area contributed by atoms with Gasteiger partial charge in [-0.25, -0.2) is 5.01 Å². The highest BCUT2D eigenvalue weighted by atomic mass is 32.1. The third kappa shape index (κ3) is 3.23. The Balaban J connectivity index is 2.05. The summed E-state index contributed by atoms with van der Waals surface area (Å²) in [5, 5.41) is 2.01. The van der Waals surface area contributed by atoms with Gasteiger partial charge in [0.15, 0.2) is 0 Å². The van der Waals surface area contributed by atoms with E-state index in [2.05, 4.69) is 18.1 Å². The Labute approximate surface area is 108 Å². The molecule has 0 aliphatic carbocycles. The normalized spacial score (nSPS) is 16.8. The van der Waals surface area contributed by atoms with Gasteiger partial charge in [0.05, 0.1) is 0 Å². The molecule has 0 aromatic heterocycles. The van der Waals surface area contributed by atoms with Gasteiger partial charge in [-0.2, -0.15) is 0 Å². The first-order valence-electron chi connectivity index (χ1n) is 6.02. The highest BCUT2D eigenvalue weighted by Crippen LogP contribution is 2.14. The molecule has 1 N–H and O–H groups in total. The number of amides is 1. The maximum Gasteiger partial charge on any atom is 0.265 e. The number of benzene rings is 1. The van der Waals surface area contributed by atoms with Crippen LogP contribution in [0.4, 0.5) is 0 Å². The Morgan fingerprint density at radius 3 is 2.71 bits per heavy atom. The Hall–Kier alpha value is -1.00. The molecule has 0 saturated carbocycles. The molecule has 0 radical (unpaired) electrons. The molecule has 0 spiro atoms. The highest BCUT2D eigenvalue weighted by Gasteiger charge is 2.15. The number of nitrogens with zero attached hydrogens (tertiary/aromatic N) is 1. The van der Waals surface area contributed by atoms with Gasteiger partial charge >= 0.3 is 0 Å². The number of hydrazine groups is 1. The molecule has 17 heavy (non-hydrogen) atoms. The van der Waals surface area contributed by atoms with Crippen LogP contribution in [0.2, 0.25) is 0 Å². The molecule has 1 saturated heterocycles. The van der Waals surface area contributed by atoms with Gasteiger partial charge in [0.1, 0.15) is 0 Å². The van der Waals surface area contributed by atoms with Crippen LogP contribution in [0.3, 0.4) is 0 Å². The number of thiol groups is 1. The van der Waals surface area contributed by atoms with Gasteiger partial charge < -0.3 is 0 Å². The van der Waals surface area contributed by atoms with Gasteiger partial charge in [-0.05, 0) is 37.5 Å². The van der Waals surface area contributed by atoms with Crippen molar-refractivity contribution in [2.24, 2.45) is 0 Å². The topological polar surface area (TPSA) is 32.3 Å². The highest BCUT2D eigenvalue weighted by molar-refractivity contribution is 7.80. The van der Waals surface area contributed by atoms with Crippen molar-refractivity contribution in [2.75, 3.05) is 13.1 Å². The molecule has 92 valence electrons. The van der Waals surface area contributed by atoms with E-state index in [1.807, 2.05) is 30.1 Å². The molecule has 1 fully saturated rings. The lowest BCUT2D eigenvalue weighted by atomic mass is 10.1. The Morgan fingerprint density at radius 1 is 1.29 bits per heavy atom. The maximum absolute atomic E-state index is 12.1. The second kappa shape index (κ2) is 5.56. The first kappa shape index (κ1) is 12.5. The number of nitrogens with one attached hydrogen (secondary N) is 1. The summed E-state index contributed by atoms with van der Waals surface area (Å²) >= 11 is 4.27. The lowest BCUT2D eigenvalue weighted by Crippen LogP contribution is -2.45. The van der Waals surface area contributed by atoms with E-state index in [0.29, 0.717) is 5.56 Å². The molecule has 3 nitrogen and oxygen atoms in total. The average Bonchev–Trinajstić information content (AvgIpc) is 2.33. The minimum Gasteiger partial charge on any atom is -0.285 e. The monoisotopic (exact) mass is 250 g/mol. The van der Waals surface area contributed by atoms with Gasteiger partial charge in [0, 0.05) is 23.5 Å². The van der Waals surface area contributed by atoms with Crippen LogP contribution in [0.25, 0.3) is 0 Å². The second-order valence-corrected chi connectivity index (χ2v) is 5.00. The summed E-state index contributed by atoms with van der Waals surface area (Å²) < 4.78 is 0. The van der Waals surface area contributed by atoms with Gasteiger partial charge in [-0.15, -0.1) is 12.6 Å². The molecular formula is C13H18N2OS. The quantitative estimate of drug-likeness (QED) is 0.790. The zero-order chi connectivity index (χ0) is 12.3. The smallest absolute Gasteiger partial charge is 0.265 e. The molecule has 0 unspecified atom stereocenters. The number of piperidine rings is 1. The van der Waals surface area contributed by atoms with Crippen molar-refractivity contribution in [3.63, 3.8) is 0 Å². The van der Waals surface area contributed by atoms with Crippen molar-refractivity contribution in [3.8, 4) is 0 Å².